The number of methoxy groups -OCH3 is 1. The first-order chi connectivity index (χ1) is 13.9. The van der Waals surface area contributed by atoms with Gasteiger partial charge < -0.3 is 9.84 Å². The van der Waals surface area contributed by atoms with Crippen molar-refractivity contribution >= 4 is 38.2 Å². The third-order valence-electron chi connectivity index (χ3n) is 4.10. The molecule has 4 rings (SSSR count). The molecule has 0 bridgehead atoms. The molecule has 0 saturated carbocycles. The van der Waals surface area contributed by atoms with Crippen LogP contribution in [-0.4, -0.2) is 41.2 Å². The molecule has 9 nitrogen and oxygen atoms in total. The molecule has 2 aromatic carbocycles. The molecular formula is C18H14N4O5S2. The molecule has 0 fully saturated rings. The average molecular weight is 430 g/mol. The highest BCUT2D eigenvalue weighted by molar-refractivity contribution is 7.92. The van der Waals surface area contributed by atoms with Crippen LogP contribution in [0, 0.1) is 0 Å². The third-order valence-corrected chi connectivity index (χ3v) is 6.26. The Morgan fingerprint density at radius 3 is 2.45 bits per heavy atom. The summed E-state index contributed by atoms with van der Waals surface area (Å²) in [7, 11) is -2.37. The molecule has 0 aliphatic carbocycles. The molecular weight excluding hydrogens is 416 g/mol. The van der Waals surface area contributed by atoms with E-state index in [4.69, 9.17) is 9.84 Å². The van der Waals surface area contributed by atoms with E-state index in [1.807, 2.05) is 29.6 Å². The van der Waals surface area contributed by atoms with Crippen LogP contribution in [0.2, 0.25) is 0 Å². The molecule has 0 saturated heterocycles. The van der Waals surface area contributed by atoms with E-state index in [-0.39, 0.29) is 16.4 Å². The van der Waals surface area contributed by atoms with Crippen molar-refractivity contribution in [3.05, 3.63) is 59.5 Å². The van der Waals surface area contributed by atoms with E-state index < -0.39 is 16.0 Å². The Hall–Kier alpha value is -3.44. The summed E-state index contributed by atoms with van der Waals surface area (Å²) in [6.07, 6.45) is 0. The summed E-state index contributed by atoms with van der Waals surface area (Å²) < 4.78 is 34.1. The van der Waals surface area contributed by atoms with E-state index in [9.17, 15) is 13.2 Å². The number of anilines is 1. The van der Waals surface area contributed by atoms with Crippen molar-refractivity contribution in [2.75, 3.05) is 11.8 Å². The Bertz CT molecular complexity index is 1290. The number of sulfonamides is 1. The maximum atomic E-state index is 12.5. The molecule has 0 spiro atoms. The van der Waals surface area contributed by atoms with E-state index >= 15 is 0 Å². The van der Waals surface area contributed by atoms with Crippen LogP contribution in [0.15, 0.2) is 58.8 Å². The largest absolute Gasteiger partial charge is 0.497 e. The lowest BCUT2D eigenvalue weighted by atomic mass is 10.2. The quantitative estimate of drug-likeness (QED) is 0.482. The van der Waals surface area contributed by atoms with Crippen LogP contribution in [0.1, 0.15) is 10.4 Å². The molecule has 29 heavy (non-hydrogen) atoms. The number of aromatic carboxylic acids is 1. The van der Waals surface area contributed by atoms with Gasteiger partial charge in [-0.1, -0.05) is 0 Å². The molecule has 0 unspecified atom stereocenters. The standard InChI is InChI=1S/C18H14N4O5S2/c1-27-13-6-2-11(3-7-13)15-10-28-18-19-17(20-22(15)18)21-29(25,26)14-8-4-12(5-9-14)16(23)24/h2-10H,1H3,(H,20,21)(H,23,24). The summed E-state index contributed by atoms with van der Waals surface area (Å²) >= 11 is 1.32. The molecule has 0 amide bonds. The van der Waals surface area contributed by atoms with Gasteiger partial charge in [0.25, 0.3) is 16.0 Å². The van der Waals surface area contributed by atoms with Gasteiger partial charge in [0.05, 0.1) is 23.3 Å². The second-order valence-corrected chi connectivity index (χ2v) is 8.43. The second kappa shape index (κ2) is 7.18. The van der Waals surface area contributed by atoms with Crippen molar-refractivity contribution < 1.29 is 23.1 Å². The minimum absolute atomic E-state index is 0.00582. The van der Waals surface area contributed by atoms with Gasteiger partial charge in [-0.2, -0.15) is 4.98 Å². The SMILES string of the molecule is COc1ccc(-c2csc3nc(NS(=O)(=O)c4ccc(C(=O)O)cc4)nn23)cc1. The topological polar surface area (TPSA) is 123 Å². The fraction of sp³-hybridized carbons (Fsp3) is 0.0556. The monoisotopic (exact) mass is 430 g/mol. The lowest BCUT2D eigenvalue weighted by molar-refractivity contribution is 0.0696. The van der Waals surface area contributed by atoms with Gasteiger partial charge in [0, 0.05) is 10.9 Å². The molecule has 2 heterocycles. The number of carboxylic acid groups (broad SMARTS) is 1. The number of fused-ring (bicyclic) bond motifs is 1. The van der Waals surface area contributed by atoms with E-state index in [0.717, 1.165) is 17.0 Å². The maximum Gasteiger partial charge on any atom is 0.335 e. The number of nitrogens with one attached hydrogen (secondary N) is 1. The molecule has 148 valence electrons. The number of hydrogen-bond donors (Lipinski definition) is 2. The van der Waals surface area contributed by atoms with Crippen molar-refractivity contribution in [2.24, 2.45) is 0 Å². The van der Waals surface area contributed by atoms with Crippen molar-refractivity contribution in [1.29, 1.82) is 0 Å². The first kappa shape index (κ1) is 18.9. The Balaban J connectivity index is 1.63. The molecule has 0 aliphatic rings. The summed E-state index contributed by atoms with van der Waals surface area (Å²) in [6, 6.07) is 12.3. The fourth-order valence-electron chi connectivity index (χ4n) is 2.64. The minimum atomic E-state index is -3.96. The number of benzene rings is 2. The van der Waals surface area contributed by atoms with E-state index in [0.29, 0.717) is 4.96 Å². The van der Waals surface area contributed by atoms with Crippen molar-refractivity contribution in [3.63, 3.8) is 0 Å². The smallest absolute Gasteiger partial charge is 0.335 e. The average Bonchev–Trinajstić information content (AvgIpc) is 3.28. The van der Waals surface area contributed by atoms with Crippen LogP contribution in [-0.2, 0) is 10.0 Å². The van der Waals surface area contributed by atoms with Crippen LogP contribution in [0.4, 0.5) is 5.95 Å². The first-order valence-electron chi connectivity index (χ1n) is 8.22. The summed E-state index contributed by atoms with van der Waals surface area (Å²) in [5.74, 6) is -0.487. The number of thiazole rings is 1. The van der Waals surface area contributed by atoms with Crippen molar-refractivity contribution in [1.82, 2.24) is 14.6 Å². The highest BCUT2D eigenvalue weighted by Gasteiger charge is 2.19. The van der Waals surface area contributed by atoms with Gasteiger partial charge in [0.1, 0.15) is 5.75 Å². The molecule has 2 N–H and O–H groups in total. The van der Waals surface area contributed by atoms with E-state index in [2.05, 4.69) is 14.8 Å². The number of hydrogen-bond acceptors (Lipinski definition) is 7. The minimum Gasteiger partial charge on any atom is -0.497 e. The Kier molecular flexibility index (Phi) is 4.68. The van der Waals surface area contributed by atoms with Crippen LogP contribution in [0.3, 0.4) is 0 Å². The Morgan fingerprint density at radius 1 is 1.14 bits per heavy atom. The van der Waals surface area contributed by atoms with Gasteiger partial charge in [0.2, 0.25) is 4.96 Å². The predicted octanol–water partition coefficient (Wildman–Crippen LogP) is 2.97. The van der Waals surface area contributed by atoms with Crippen LogP contribution in [0.25, 0.3) is 16.2 Å². The van der Waals surface area contributed by atoms with Crippen LogP contribution in [0.5, 0.6) is 5.75 Å². The van der Waals surface area contributed by atoms with E-state index in [1.54, 1.807) is 11.6 Å². The lowest BCUT2D eigenvalue weighted by Gasteiger charge is -2.05. The van der Waals surface area contributed by atoms with Gasteiger partial charge in [-0.3, -0.25) is 0 Å². The number of aromatic nitrogens is 3. The Labute approximate surface area is 169 Å². The predicted molar refractivity (Wildman–Crippen MR) is 107 cm³/mol. The Morgan fingerprint density at radius 2 is 1.83 bits per heavy atom. The van der Waals surface area contributed by atoms with Crippen molar-refractivity contribution in [3.8, 4) is 17.0 Å². The number of nitrogens with zero attached hydrogens (tertiary/aromatic N) is 3. The maximum absolute atomic E-state index is 12.5. The zero-order valence-electron chi connectivity index (χ0n) is 14.9. The number of carboxylic acids is 1. The molecule has 0 atom stereocenters. The van der Waals surface area contributed by atoms with Gasteiger partial charge in [-0.05, 0) is 48.5 Å². The third kappa shape index (κ3) is 3.65. The van der Waals surface area contributed by atoms with Gasteiger partial charge in [0.15, 0.2) is 0 Å². The van der Waals surface area contributed by atoms with Crippen LogP contribution >= 0.6 is 11.3 Å². The summed E-state index contributed by atoms with van der Waals surface area (Å²) in [4.78, 5) is 15.6. The molecule has 2 aromatic heterocycles. The summed E-state index contributed by atoms with van der Waals surface area (Å²) in [6.45, 7) is 0. The van der Waals surface area contributed by atoms with Crippen molar-refractivity contribution in [2.45, 2.75) is 4.90 Å². The van der Waals surface area contributed by atoms with Gasteiger partial charge in [-0.15, -0.1) is 16.4 Å². The number of ether oxygens (including phenoxy) is 1. The molecule has 0 radical (unpaired) electrons. The summed E-state index contributed by atoms with van der Waals surface area (Å²) in [5.41, 5.74) is 1.63. The second-order valence-electron chi connectivity index (χ2n) is 5.91. The van der Waals surface area contributed by atoms with E-state index in [1.165, 1.54) is 35.6 Å². The molecule has 0 aliphatic heterocycles. The highest BCUT2D eigenvalue weighted by Crippen LogP contribution is 2.27. The lowest BCUT2D eigenvalue weighted by Crippen LogP contribution is -2.14. The molecule has 4 aromatic rings. The number of carbonyl (C=O) groups is 1. The van der Waals surface area contributed by atoms with Gasteiger partial charge >= 0.3 is 5.97 Å². The number of rotatable bonds is 6. The molecule has 11 heteroatoms. The first-order valence-corrected chi connectivity index (χ1v) is 10.6. The summed E-state index contributed by atoms with van der Waals surface area (Å²) in [5, 5.41) is 15.0. The highest BCUT2D eigenvalue weighted by atomic mass is 32.2. The zero-order chi connectivity index (χ0) is 20.6. The zero-order valence-corrected chi connectivity index (χ0v) is 16.6. The van der Waals surface area contributed by atoms with Gasteiger partial charge in [-0.25, -0.2) is 22.4 Å². The normalized spacial score (nSPS) is 11.5. The fourth-order valence-corrected chi connectivity index (χ4v) is 4.41. The van der Waals surface area contributed by atoms with Crippen LogP contribution < -0.4 is 9.46 Å².